The van der Waals surface area contributed by atoms with Crippen LogP contribution in [-0.2, 0) is 12.1 Å². The average Bonchev–Trinajstić information content (AvgIpc) is 2.77. The van der Waals surface area contributed by atoms with E-state index in [2.05, 4.69) is 10.3 Å². The highest BCUT2D eigenvalue weighted by atomic mass is 16.3. The van der Waals surface area contributed by atoms with E-state index in [1.807, 2.05) is 6.20 Å². The fraction of sp³-hybridized carbons (Fsp3) is 0.714. The Morgan fingerprint density at radius 1 is 1.67 bits per heavy atom. The first kappa shape index (κ1) is 7.70. The van der Waals surface area contributed by atoms with E-state index in [9.17, 15) is 0 Å². The minimum atomic E-state index is -0.152. The van der Waals surface area contributed by atoms with Crippen molar-refractivity contribution in [1.29, 1.82) is 0 Å². The molecule has 3 N–H and O–H groups in total. The van der Waals surface area contributed by atoms with E-state index >= 15 is 0 Å². The van der Waals surface area contributed by atoms with E-state index in [0.717, 1.165) is 18.5 Å². The van der Waals surface area contributed by atoms with Crippen LogP contribution >= 0.6 is 0 Å². The number of hydrogen-bond acceptors (Lipinski definition) is 4. The van der Waals surface area contributed by atoms with Crippen LogP contribution < -0.4 is 5.73 Å². The van der Waals surface area contributed by atoms with Crippen molar-refractivity contribution in [3.63, 3.8) is 0 Å². The number of aromatic nitrogens is 3. The van der Waals surface area contributed by atoms with Gasteiger partial charge in [0.2, 0.25) is 0 Å². The van der Waals surface area contributed by atoms with Crippen LogP contribution in [0.4, 0.5) is 0 Å². The zero-order valence-corrected chi connectivity index (χ0v) is 6.77. The molecule has 0 radical (unpaired) electrons. The Labute approximate surface area is 70.2 Å². The van der Waals surface area contributed by atoms with Gasteiger partial charge in [-0.3, -0.25) is 0 Å². The third kappa shape index (κ3) is 1.02. The van der Waals surface area contributed by atoms with Gasteiger partial charge in [-0.25, -0.2) is 4.68 Å². The molecule has 5 nitrogen and oxygen atoms in total. The van der Waals surface area contributed by atoms with Crippen LogP contribution in [0.25, 0.3) is 0 Å². The average molecular weight is 168 g/mol. The molecular weight excluding hydrogens is 156 g/mol. The quantitative estimate of drug-likeness (QED) is 0.620. The summed E-state index contributed by atoms with van der Waals surface area (Å²) in [6, 6.07) is 0. The third-order valence-electron chi connectivity index (χ3n) is 2.36. The maximum absolute atomic E-state index is 9.07. The summed E-state index contributed by atoms with van der Waals surface area (Å²) in [7, 11) is 0. The van der Waals surface area contributed by atoms with Gasteiger partial charge in [-0.1, -0.05) is 5.21 Å². The minimum absolute atomic E-state index is 0.139. The molecule has 1 heterocycles. The van der Waals surface area contributed by atoms with Crippen molar-refractivity contribution in [1.82, 2.24) is 15.0 Å². The van der Waals surface area contributed by atoms with Gasteiger partial charge in [0.05, 0.1) is 24.0 Å². The first-order chi connectivity index (χ1) is 5.80. The standard InChI is InChI=1S/C7H12N4O/c8-3-6-4-11(10-9-6)7(5-12)1-2-7/h4,12H,1-3,5,8H2. The topological polar surface area (TPSA) is 77.0 Å². The lowest BCUT2D eigenvalue weighted by molar-refractivity contribution is 0.200. The summed E-state index contributed by atoms with van der Waals surface area (Å²) in [5, 5.41) is 16.9. The molecule has 1 aliphatic rings. The van der Waals surface area contributed by atoms with Gasteiger partial charge in [-0.2, -0.15) is 0 Å². The second kappa shape index (κ2) is 2.53. The van der Waals surface area contributed by atoms with Crippen LogP contribution in [0.5, 0.6) is 0 Å². The van der Waals surface area contributed by atoms with Gasteiger partial charge in [-0.05, 0) is 12.8 Å². The molecule has 0 aliphatic heterocycles. The summed E-state index contributed by atoms with van der Waals surface area (Å²) in [4.78, 5) is 0. The molecule has 1 aromatic heterocycles. The zero-order chi connectivity index (χ0) is 8.60. The lowest BCUT2D eigenvalue weighted by Gasteiger charge is -2.09. The van der Waals surface area contributed by atoms with Crippen molar-refractivity contribution >= 4 is 0 Å². The van der Waals surface area contributed by atoms with Gasteiger partial charge in [0.15, 0.2) is 0 Å². The van der Waals surface area contributed by atoms with Crippen molar-refractivity contribution in [2.75, 3.05) is 6.61 Å². The Kier molecular flexibility index (Phi) is 1.62. The van der Waals surface area contributed by atoms with Crippen molar-refractivity contribution in [3.8, 4) is 0 Å². The molecule has 0 amide bonds. The van der Waals surface area contributed by atoms with Gasteiger partial charge in [0, 0.05) is 6.54 Å². The molecule has 1 saturated carbocycles. The molecule has 5 heteroatoms. The van der Waals surface area contributed by atoms with Crippen LogP contribution in [0.3, 0.4) is 0 Å². The number of hydrogen-bond donors (Lipinski definition) is 2. The SMILES string of the molecule is NCc1cn(C2(CO)CC2)nn1. The van der Waals surface area contributed by atoms with E-state index < -0.39 is 0 Å². The molecule has 0 aromatic carbocycles. The third-order valence-corrected chi connectivity index (χ3v) is 2.36. The molecule has 0 atom stereocenters. The highest BCUT2D eigenvalue weighted by Gasteiger charge is 2.45. The Hall–Kier alpha value is -0.940. The lowest BCUT2D eigenvalue weighted by Crippen LogP contribution is -2.22. The van der Waals surface area contributed by atoms with E-state index in [4.69, 9.17) is 10.8 Å². The smallest absolute Gasteiger partial charge is 0.0962 e. The largest absolute Gasteiger partial charge is 0.394 e. The Balaban J connectivity index is 2.23. The van der Waals surface area contributed by atoms with E-state index in [-0.39, 0.29) is 12.1 Å². The van der Waals surface area contributed by atoms with Crippen molar-refractivity contribution in [2.45, 2.75) is 24.9 Å². The number of aliphatic hydroxyl groups excluding tert-OH is 1. The van der Waals surface area contributed by atoms with E-state index in [1.54, 1.807) is 4.68 Å². The van der Waals surface area contributed by atoms with Gasteiger partial charge in [-0.15, -0.1) is 5.10 Å². The molecule has 0 spiro atoms. The molecule has 0 saturated heterocycles. The fourth-order valence-electron chi connectivity index (χ4n) is 1.23. The van der Waals surface area contributed by atoms with Crippen LogP contribution in [0.2, 0.25) is 0 Å². The highest BCUT2D eigenvalue weighted by Crippen LogP contribution is 2.42. The van der Waals surface area contributed by atoms with Crippen LogP contribution in [0.15, 0.2) is 6.20 Å². The molecule has 0 unspecified atom stereocenters. The Bertz CT molecular complexity index is 279. The number of rotatable bonds is 3. The van der Waals surface area contributed by atoms with Gasteiger partial charge in [0.1, 0.15) is 0 Å². The zero-order valence-electron chi connectivity index (χ0n) is 6.77. The molecule has 1 fully saturated rings. The van der Waals surface area contributed by atoms with E-state index in [1.165, 1.54) is 0 Å². The predicted molar refractivity (Wildman–Crippen MR) is 42.2 cm³/mol. The number of nitrogens with zero attached hydrogens (tertiary/aromatic N) is 3. The monoisotopic (exact) mass is 168 g/mol. The summed E-state index contributed by atoms with van der Waals surface area (Å²) in [5.74, 6) is 0. The summed E-state index contributed by atoms with van der Waals surface area (Å²) in [6.07, 6.45) is 3.77. The summed E-state index contributed by atoms with van der Waals surface area (Å²) < 4.78 is 1.73. The van der Waals surface area contributed by atoms with Crippen molar-refractivity contribution < 1.29 is 5.11 Å². The lowest BCUT2D eigenvalue weighted by atomic mass is 10.3. The first-order valence-corrected chi connectivity index (χ1v) is 4.03. The summed E-state index contributed by atoms with van der Waals surface area (Å²) in [6.45, 7) is 0.544. The predicted octanol–water partition coefficient (Wildman–Crippen LogP) is -0.782. The molecule has 2 rings (SSSR count). The molecule has 66 valence electrons. The molecule has 12 heavy (non-hydrogen) atoms. The maximum Gasteiger partial charge on any atom is 0.0962 e. The van der Waals surface area contributed by atoms with Gasteiger partial charge >= 0.3 is 0 Å². The second-order valence-corrected chi connectivity index (χ2v) is 3.24. The normalized spacial score (nSPS) is 19.5. The fourth-order valence-corrected chi connectivity index (χ4v) is 1.23. The molecule has 1 aromatic rings. The van der Waals surface area contributed by atoms with Gasteiger partial charge < -0.3 is 10.8 Å². The van der Waals surface area contributed by atoms with Crippen LogP contribution in [0.1, 0.15) is 18.5 Å². The second-order valence-electron chi connectivity index (χ2n) is 3.24. The highest BCUT2D eigenvalue weighted by molar-refractivity contribution is 5.03. The van der Waals surface area contributed by atoms with E-state index in [0.29, 0.717) is 6.54 Å². The number of aliphatic hydroxyl groups is 1. The summed E-state index contributed by atoms with van der Waals surface area (Å²) in [5.41, 5.74) is 6.01. The maximum atomic E-state index is 9.07. The first-order valence-electron chi connectivity index (χ1n) is 4.03. The molecule has 0 bridgehead atoms. The van der Waals surface area contributed by atoms with Crippen molar-refractivity contribution in [3.05, 3.63) is 11.9 Å². The Morgan fingerprint density at radius 2 is 2.42 bits per heavy atom. The Morgan fingerprint density at radius 3 is 2.83 bits per heavy atom. The minimum Gasteiger partial charge on any atom is -0.394 e. The van der Waals surface area contributed by atoms with Crippen LogP contribution in [0, 0.1) is 0 Å². The number of nitrogens with two attached hydrogens (primary N) is 1. The van der Waals surface area contributed by atoms with Crippen LogP contribution in [-0.4, -0.2) is 26.7 Å². The van der Waals surface area contributed by atoms with Gasteiger partial charge in [0.25, 0.3) is 0 Å². The molecular formula is C7H12N4O. The summed E-state index contributed by atoms with van der Waals surface area (Å²) >= 11 is 0. The molecule has 1 aliphatic carbocycles. The van der Waals surface area contributed by atoms with Crippen molar-refractivity contribution in [2.24, 2.45) is 5.73 Å².